The molecule has 1 amide bonds. The molecule has 0 aromatic rings. The standard InChI is InChI=1S/C13H26N2O3/c1-15(7-3-2-4-8-16)12(17)13(11-14)5-9-18-10-6-13/h16H,2-11,14H2,1H3. The number of aliphatic hydroxyl groups is 1. The Balaban J connectivity index is 2.44. The van der Waals surface area contributed by atoms with E-state index in [1.54, 1.807) is 4.90 Å². The van der Waals surface area contributed by atoms with E-state index in [0.29, 0.717) is 19.8 Å². The van der Waals surface area contributed by atoms with E-state index in [9.17, 15) is 4.79 Å². The van der Waals surface area contributed by atoms with Crippen molar-refractivity contribution in [3.63, 3.8) is 0 Å². The molecule has 0 bridgehead atoms. The number of carbonyl (C=O) groups is 1. The molecule has 5 nitrogen and oxygen atoms in total. The second-order valence-corrected chi connectivity index (χ2v) is 5.11. The minimum atomic E-state index is -0.413. The van der Waals surface area contributed by atoms with Gasteiger partial charge in [0, 0.05) is 40.0 Å². The first-order chi connectivity index (χ1) is 8.66. The van der Waals surface area contributed by atoms with Gasteiger partial charge in [0.2, 0.25) is 5.91 Å². The van der Waals surface area contributed by atoms with Crippen LogP contribution in [0.2, 0.25) is 0 Å². The Labute approximate surface area is 109 Å². The zero-order valence-corrected chi connectivity index (χ0v) is 11.4. The summed E-state index contributed by atoms with van der Waals surface area (Å²) >= 11 is 0. The van der Waals surface area contributed by atoms with Gasteiger partial charge < -0.3 is 20.5 Å². The molecule has 1 heterocycles. The van der Waals surface area contributed by atoms with Crippen LogP contribution < -0.4 is 5.73 Å². The highest BCUT2D eigenvalue weighted by molar-refractivity contribution is 5.82. The van der Waals surface area contributed by atoms with E-state index in [1.165, 1.54) is 0 Å². The zero-order chi connectivity index (χ0) is 13.4. The van der Waals surface area contributed by atoms with Crippen molar-refractivity contribution in [2.24, 2.45) is 11.1 Å². The van der Waals surface area contributed by atoms with Gasteiger partial charge in [0.25, 0.3) is 0 Å². The van der Waals surface area contributed by atoms with Gasteiger partial charge in [-0.15, -0.1) is 0 Å². The van der Waals surface area contributed by atoms with Crippen LogP contribution in [0.25, 0.3) is 0 Å². The zero-order valence-electron chi connectivity index (χ0n) is 11.4. The molecule has 3 N–H and O–H groups in total. The van der Waals surface area contributed by atoms with E-state index in [1.807, 2.05) is 7.05 Å². The van der Waals surface area contributed by atoms with Crippen LogP contribution in [0.1, 0.15) is 32.1 Å². The smallest absolute Gasteiger partial charge is 0.229 e. The van der Waals surface area contributed by atoms with E-state index < -0.39 is 5.41 Å². The van der Waals surface area contributed by atoms with E-state index in [0.717, 1.165) is 38.6 Å². The Bertz CT molecular complexity index is 253. The van der Waals surface area contributed by atoms with Crippen molar-refractivity contribution in [1.82, 2.24) is 4.90 Å². The van der Waals surface area contributed by atoms with Gasteiger partial charge >= 0.3 is 0 Å². The lowest BCUT2D eigenvalue weighted by Crippen LogP contribution is -2.49. The van der Waals surface area contributed by atoms with Crippen LogP contribution in [0, 0.1) is 5.41 Å². The average molecular weight is 258 g/mol. The van der Waals surface area contributed by atoms with Gasteiger partial charge in [-0.2, -0.15) is 0 Å². The third-order valence-electron chi connectivity index (χ3n) is 3.79. The number of rotatable bonds is 7. The Hall–Kier alpha value is -0.650. The number of amides is 1. The minimum Gasteiger partial charge on any atom is -0.396 e. The first-order valence-corrected chi connectivity index (χ1v) is 6.80. The van der Waals surface area contributed by atoms with Gasteiger partial charge in [-0.25, -0.2) is 0 Å². The number of unbranched alkanes of at least 4 members (excludes halogenated alkanes) is 2. The van der Waals surface area contributed by atoms with Crippen LogP contribution in [0.5, 0.6) is 0 Å². The molecule has 0 aromatic carbocycles. The molecule has 1 aliphatic heterocycles. The number of hydrogen-bond acceptors (Lipinski definition) is 4. The maximum atomic E-state index is 12.5. The van der Waals surface area contributed by atoms with E-state index in [2.05, 4.69) is 0 Å². The SMILES string of the molecule is CN(CCCCCO)C(=O)C1(CN)CCOCC1. The average Bonchev–Trinajstić information content (AvgIpc) is 2.43. The Kier molecular flexibility index (Phi) is 6.60. The van der Waals surface area contributed by atoms with Crippen LogP contribution >= 0.6 is 0 Å². The molecule has 1 rings (SSSR count). The van der Waals surface area contributed by atoms with Gasteiger partial charge in [0.15, 0.2) is 0 Å². The molecule has 18 heavy (non-hydrogen) atoms. The lowest BCUT2D eigenvalue weighted by molar-refractivity contribution is -0.145. The Morgan fingerprint density at radius 1 is 1.33 bits per heavy atom. The molecule has 1 aliphatic rings. The maximum absolute atomic E-state index is 12.5. The predicted octanol–water partition coefficient (Wildman–Crippen LogP) is 0.363. The molecule has 0 unspecified atom stereocenters. The summed E-state index contributed by atoms with van der Waals surface area (Å²) in [5, 5.41) is 8.71. The molecule has 0 spiro atoms. The van der Waals surface area contributed by atoms with Crippen molar-refractivity contribution >= 4 is 5.91 Å². The molecule has 0 aliphatic carbocycles. The van der Waals surface area contributed by atoms with Crippen molar-refractivity contribution in [1.29, 1.82) is 0 Å². The lowest BCUT2D eigenvalue weighted by Gasteiger charge is -2.37. The second kappa shape index (κ2) is 7.71. The summed E-state index contributed by atoms with van der Waals surface area (Å²) in [5.74, 6) is 0.150. The third kappa shape index (κ3) is 3.93. The largest absolute Gasteiger partial charge is 0.396 e. The van der Waals surface area contributed by atoms with Crippen molar-refractivity contribution in [2.75, 3.05) is 40.0 Å². The molecular weight excluding hydrogens is 232 g/mol. The van der Waals surface area contributed by atoms with E-state index in [4.69, 9.17) is 15.6 Å². The van der Waals surface area contributed by atoms with Crippen LogP contribution in [-0.4, -0.2) is 55.9 Å². The minimum absolute atomic E-state index is 0.150. The Morgan fingerprint density at radius 3 is 2.56 bits per heavy atom. The molecule has 1 fully saturated rings. The first-order valence-electron chi connectivity index (χ1n) is 6.80. The number of carbonyl (C=O) groups excluding carboxylic acids is 1. The Morgan fingerprint density at radius 2 is 2.00 bits per heavy atom. The number of ether oxygens (including phenoxy) is 1. The summed E-state index contributed by atoms with van der Waals surface area (Å²) < 4.78 is 5.32. The highest BCUT2D eigenvalue weighted by atomic mass is 16.5. The molecule has 1 saturated heterocycles. The van der Waals surface area contributed by atoms with Gasteiger partial charge in [-0.1, -0.05) is 0 Å². The van der Waals surface area contributed by atoms with E-state index in [-0.39, 0.29) is 12.5 Å². The quantitative estimate of drug-likeness (QED) is 0.647. The number of aliphatic hydroxyl groups excluding tert-OH is 1. The fourth-order valence-electron chi connectivity index (χ4n) is 2.41. The third-order valence-corrected chi connectivity index (χ3v) is 3.79. The number of nitrogens with zero attached hydrogens (tertiary/aromatic N) is 1. The normalized spacial score (nSPS) is 18.6. The van der Waals surface area contributed by atoms with Gasteiger partial charge in [0.1, 0.15) is 0 Å². The summed E-state index contributed by atoms with van der Waals surface area (Å²) in [5.41, 5.74) is 5.40. The van der Waals surface area contributed by atoms with Crippen molar-refractivity contribution in [2.45, 2.75) is 32.1 Å². The van der Waals surface area contributed by atoms with Crippen molar-refractivity contribution in [3.8, 4) is 0 Å². The van der Waals surface area contributed by atoms with Crippen LogP contribution in [0.15, 0.2) is 0 Å². The molecule has 0 atom stereocenters. The predicted molar refractivity (Wildman–Crippen MR) is 70.1 cm³/mol. The molecule has 0 aromatic heterocycles. The summed E-state index contributed by atoms with van der Waals surface area (Å²) in [6.45, 7) is 2.61. The lowest BCUT2D eigenvalue weighted by atomic mass is 9.79. The first kappa shape index (κ1) is 15.4. The summed E-state index contributed by atoms with van der Waals surface area (Å²) in [4.78, 5) is 14.2. The van der Waals surface area contributed by atoms with E-state index >= 15 is 0 Å². The van der Waals surface area contributed by atoms with Crippen molar-refractivity contribution in [3.05, 3.63) is 0 Å². The highest BCUT2D eigenvalue weighted by Crippen LogP contribution is 2.31. The topological polar surface area (TPSA) is 75.8 Å². The number of nitrogens with two attached hydrogens (primary N) is 1. The van der Waals surface area contributed by atoms with Crippen LogP contribution in [-0.2, 0) is 9.53 Å². The van der Waals surface area contributed by atoms with Crippen LogP contribution in [0.4, 0.5) is 0 Å². The fourth-order valence-corrected chi connectivity index (χ4v) is 2.41. The second-order valence-electron chi connectivity index (χ2n) is 5.11. The summed E-state index contributed by atoms with van der Waals surface area (Å²) in [7, 11) is 1.84. The molecule has 0 radical (unpaired) electrons. The van der Waals surface area contributed by atoms with Gasteiger partial charge in [-0.05, 0) is 32.1 Å². The molecule has 0 saturated carbocycles. The highest BCUT2D eigenvalue weighted by Gasteiger charge is 2.40. The molecule has 5 heteroatoms. The summed E-state index contributed by atoms with van der Waals surface area (Å²) in [6.07, 6.45) is 4.14. The summed E-state index contributed by atoms with van der Waals surface area (Å²) in [6, 6.07) is 0. The van der Waals surface area contributed by atoms with Crippen LogP contribution in [0.3, 0.4) is 0 Å². The number of hydrogen-bond donors (Lipinski definition) is 2. The molecule has 106 valence electrons. The fraction of sp³-hybridized carbons (Fsp3) is 0.923. The monoisotopic (exact) mass is 258 g/mol. The van der Waals surface area contributed by atoms with Gasteiger partial charge in [0.05, 0.1) is 5.41 Å². The van der Waals surface area contributed by atoms with Gasteiger partial charge in [-0.3, -0.25) is 4.79 Å². The van der Waals surface area contributed by atoms with Crippen molar-refractivity contribution < 1.29 is 14.6 Å². The maximum Gasteiger partial charge on any atom is 0.229 e. The molecular formula is C13H26N2O3.